The fourth-order valence-electron chi connectivity index (χ4n) is 0.944. The van der Waals surface area contributed by atoms with Crippen LogP contribution in [0.1, 0.15) is 13.3 Å². The Morgan fingerprint density at radius 3 is 2.27 bits per heavy atom. The molecule has 0 saturated heterocycles. The van der Waals surface area contributed by atoms with Gasteiger partial charge in [-0.05, 0) is 39.9 Å². The first-order chi connectivity index (χ1) is 5.07. The van der Waals surface area contributed by atoms with Crippen molar-refractivity contribution in [2.45, 2.75) is 19.4 Å². The standard InChI is InChI=1S/C8H20N2O/c1-7(9)8(6-11)4-5-10(2)3/h7-8,11H,4-6,9H2,1-3H3. The Morgan fingerprint density at radius 1 is 1.45 bits per heavy atom. The molecule has 0 aliphatic heterocycles. The summed E-state index contributed by atoms with van der Waals surface area (Å²) in [6.45, 7) is 3.13. The monoisotopic (exact) mass is 160 g/mol. The predicted molar refractivity (Wildman–Crippen MR) is 47.4 cm³/mol. The highest BCUT2D eigenvalue weighted by Crippen LogP contribution is 2.05. The Bertz CT molecular complexity index is 94.1. The van der Waals surface area contributed by atoms with Crippen LogP contribution in [0.25, 0.3) is 0 Å². The van der Waals surface area contributed by atoms with E-state index in [1.165, 1.54) is 0 Å². The molecule has 0 radical (unpaired) electrons. The minimum Gasteiger partial charge on any atom is -0.396 e. The van der Waals surface area contributed by atoms with Crippen LogP contribution in [0.5, 0.6) is 0 Å². The van der Waals surface area contributed by atoms with E-state index in [4.69, 9.17) is 10.8 Å². The molecule has 0 aromatic rings. The van der Waals surface area contributed by atoms with Gasteiger partial charge in [0.2, 0.25) is 0 Å². The lowest BCUT2D eigenvalue weighted by atomic mass is 9.99. The molecule has 0 saturated carbocycles. The Kier molecular flexibility index (Phi) is 5.46. The highest BCUT2D eigenvalue weighted by atomic mass is 16.3. The molecule has 0 bridgehead atoms. The highest BCUT2D eigenvalue weighted by Gasteiger charge is 2.11. The van der Waals surface area contributed by atoms with Gasteiger partial charge in [-0.15, -0.1) is 0 Å². The summed E-state index contributed by atoms with van der Waals surface area (Å²) < 4.78 is 0. The third kappa shape index (κ3) is 5.18. The van der Waals surface area contributed by atoms with Crippen LogP contribution < -0.4 is 5.73 Å². The first-order valence-electron chi connectivity index (χ1n) is 4.09. The maximum atomic E-state index is 8.91. The van der Waals surface area contributed by atoms with Crippen molar-refractivity contribution in [1.29, 1.82) is 0 Å². The van der Waals surface area contributed by atoms with E-state index >= 15 is 0 Å². The van der Waals surface area contributed by atoms with Gasteiger partial charge in [0.15, 0.2) is 0 Å². The van der Waals surface area contributed by atoms with Gasteiger partial charge in [-0.2, -0.15) is 0 Å². The molecule has 0 aromatic carbocycles. The van der Waals surface area contributed by atoms with Crippen LogP contribution in [-0.2, 0) is 0 Å². The Hall–Kier alpha value is -0.120. The van der Waals surface area contributed by atoms with Crippen molar-refractivity contribution in [1.82, 2.24) is 4.90 Å². The number of aliphatic hydroxyl groups is 1. The minimum absolute atomic E-state index is 0.0972. The number of aliphatic hydroxyl groups excluding tert-OH is 1. The van der Waals surface area contributed by atoms with Crippen LogP contribution in [-0.4, -0.2) is 43.3 Å². The number of hydrogen-bond acceptors (Lipinski definition) is 3. The van der Waals surface area contributed by atoms with Gasteiger partial charge in [0, 0.05) is 12.6 Å². The summed E-state index contributed by atoms with van der Waals surface area (Å²) in [5, 5.41) is 8.91. The minimum atomic E-state index is 0.0972. The van der Waals surface area contributed by atoms with Crippen LogP contribution in [0, 0.1) is 5.92 Å². The van der Waals surface area contributed by atoms with Crippen LogP contribution in [0.15, 0.2) is 0 Å². The summed E-state index contributed by atoms with van der Waals surface area (Å²) in [7, 11) is 4.05. The van der Waals surface area contributed by atoms with Crippen molar-refractivity contribution in [3.8, 4) is 0 Å². The predicted octanol–water partition coefficient (Wildman–Crippen LogP) is -0.106. The van der Waals surface area contributed by atoms with Gasteiger partial charge in [-0.3, -0.25) is 0 Å². The molecular formula is C8H20N2O. The molecule has 2 atom stereocenters. The second kappa shape index (κ2) is 5.52. The third-order valence-corrected chi connectivity index (χ3v) is 1.93. The van der Waals surface area contributed by atoms with Crippen LogP contribution in [0.3, 0.4) is 0 Å². The lowest BCUT2D eigenvalue weighted by Gasteiger charge is -2.19. The molecular weight excluding hydrogens is 140 g/mol. The van der Waals surface area contributed by atoms with Crippen molar-refractivity contribution in [2.24, 2.45) is 11.7 Å². The average Bonchev–Trinajstić information content (AvgIpc) is 1.87. The second-order valence-corrected chi connectivity index (χ2v) is 3.39. The summed E-state index contributed by atoms with van der Waals surface area (Å²) >= 11 is 0. The largest absolute Gasteiger partial charge is 0.396 e. The van der Waals surface area contributed by atoms with Crippen molar-refractivity contribution >= 4 is 0 Å². The van der Waals surface area contributed by atoms with Crippen molar-refractivity contribution in [2.75, 3.05) is 27.2 Å². The van der Waals surface area contributed by atoms with Gasteiger partial charge in [0.25, 0.3) is 0 Å². The van der Waals surface area contributed by atoms with Crippen LogP contribution >= 0.6 is 0 Å². The summed E-state index contributed by atoms with van der Waals surface area (Å²) in [6.07, 6.45) is 0.973. The molecule has 0 aromatic heterocycles. The Labute approximate surface area is 69.2 Å². The SMILES string of the molecule is CC(N)C(CO)CCN(C)C. The zero-order chi connectivity index (χ0) is 8.85. The van der Waals surface area contributed by atoms with E-state index < -0.39 is 0 Å². The quantitative estimate of drug-likeness (QED) is 0.590. The van der Waals surface area contributed by atoms with Crippen molar-refractivity contribution < 1.29 is 5.11 Å². The molecule has 0 aliphatic carbocycles. The van der Waals surface area contributed by atoms with E-state index in [1.54, 1.807) is 0 Å². The van der Waals surface area contributed by atoms with E-state index in [-0.39, 0.29) is 18.6 Å². The smallest absolute Gasteiger partial charge is 0.0474 e. The van der Waals surface area contributed by atoms with E-state index in [0.717, 1.165) is 13.0 Å². The average molecular weight is 160 g/mol. The molecule has 3 heteroatoms. The van der Waals surface area contributed by atoms with Crippen molar-refractivity contribution in [3.63, 3.8) is 0 Å². The molecule has 0 heterocycles. The number of hydrogen-bond donors (Lipinski definition) is 2. The van der Waals surface area contributed by atoms with Crippen LogP contribution in [0.2, 0.25) is 0 Å². The fourth-order valence-corrected chi connectivity index (χ4v) is 0.944. The first kappa shape index (κ1) is 10.9. The molecule has 0 amide bonds. The van der Waals surface area contributed by atoms with Gasteiger partial charge < -0.3 is 15.7 Å². The van der Waals surface area contributed by atoms with E-state index in [9.17, 15) is 0 Å². The molecule has 68 valence electrons. The maximum absolute atomic E-state index is 8.91. The molecule has 11 heavy (non-hydrogen) atoms. The van der Waals surface area contributed by atoms with Gasteiger partial charge in [-0.25, -0.2) is 0 Å². The van der Waals surface area contributed by atoms with E-state index in [2.05, 4.69) is 4.90 Å². The fraction of sp³-hybridized carbons (Fsp3) is 1.00. The summed E-state index contributed by atoms with van der Waals surface area (Å²) in [6, 6.07) is 0.0972. The van der Waals surface area contributed by atoms with Gasteiger partial charge in [-0.1, -0.05) is 0 Å². The Balaban J connectivity index is 3.52. The highest BCUT2D eigenvalue weighted by molar-refractivity contribution is 4.68. The number of nitrogens with two attached hydrogens (primary N) is 1. The normalized spacial score (nSPS) is 16.9. The number of rotatable bonds is 5. The molecule has 3 nitrogen and oxygen atoms in total. The van der Waals surface area contributed by atoms with Gasteiger partial charge >= 0.3 is 0 Å². The van der Waals surface area contributed by atoms with Gasteiger partial charge in [0.1, 0.15) is 0 Å². The second-order valence-electron chi connectivity index (χ2n) is 3.39. The lowest BCUT2D eigenvalue weighted by Crippen LogP contribution is -2.31. The van der Waals surface area contributed by atoms with Crippen molar-refractivity contribution in [3.05, 3.63) is 0 Å². The molecule has 0 aliphatic rings. The third-order valence-electron chi connectivity index (χ3n) is 1.93. The maximum Gasteiger partial charge on any atom is 0.0474 e. The molecule has 3 N–H and O–H groups in total. The molecule has 0 rings (SSSR count). The topological polar surface area (TPSA) is 49.5 Å². The zero-order valence-corrected chi connectivity index (χ0v) is 7.75. The molecule has 0 fully saturated rings. The van der Waals surface area contributed by atoms with E-state index in [1.807, 2.05) is 21.0 Å². The zero-order valence-electron chi connectivity index (χ0n) is 7.75. The Morgan fingerprint density at radius 2 is 2.00 bits per heavy atom. The lowest BCUT2D eigenvalue weighted by molar-refractivity contribution is 0.189. The van der Waals surface area contributed by atoms with Crippen LogP contribution in [0.4, 0.5) is 0 Å². The summed E-state index contributed by atoms with van der Waals surface area (Å²) in [5.74, 6) is 0.248. The summed E-state index contributed by atoms with van der Waals surface area (Å²) in [4.78, 5) is 2.10. The molecule has 0 spiro atoms. The molecule has 2 unspecified atom stereocenters. The van der Waals surface area contributed by atoms with E-state index in [0.29, 0.717) is 0 Å². The number of nitrogens with zero attached hydrogens (tertiary/aromatic N) is 1. The first-order valence-corrected chi connectivity index (χ1v) is 4.09. The summed E-state index contributed by atoms with van der Waals surface area (Å²) in [5.41, 5.74) is 5.65. The van der Waals surface area contributed by atoms with Gasteiger partial charge in [0.05, 0.1) is 0 Å².